The molecular formula is C27H30F3N9O3. The molecule has 0 bridgehead atoms. The third-order valence-electron chi connectivity index (χ3n) is 6.68. The molecule has 1 saturated heterocycles. The summed E-state index contributed by atoms with van der Waals surface area (Å²) >= 11 is 0. The summed E-state index contributed by atoms with van der Waals surface area (Å²) in [7, 11) is 1.51. The number of alkyl halides is 3. The zero-order chi connectivity index (χ0) is 29.9. The fourth-order valence-electron chi connectivity index (χ4n) is 4.43. The number of hydrogen-bond acceptors (Lipinski definition) is 10. The maximum atomic E-state index is 13.9. The van der Waals surface area contributed by atoms with Crippen molar-refractivity contribution in [3.63, 3.8) is 0 Å². The van der Waals surface area contributed by atoms with E-state index >= 15 is 0 Å². The van der Waals surface area contributed by atoms with Gasteiger partial charge in [0.15, 0.2) is 0 Å². The molecule has 0 aliphatic carbocycles. The predicted molar refractivity (Wildman–Crippen MR) is 146 cm³/mol. The number of methoxy groups -OCH3 is 1. The van der Waals surface area contributed by atoms with Gasteiger partial charge in [0.2, 0.25) is 5.95 Å². The highest BCUT2D eigenvalue weighted by atomic mass is 19.4. The van der Waals surface area contributed by atoms with Gasteiger partial charge in [-0.05, 0) is 37.1 Å². The van der Waals surface area contributed by atoms with Crippen LogP contribution in [0.2, 0.25) is 0 Å². The van der Waals surface area contributed by atoms with Crippen LogP contribution in [0.25, 0.3) is 0 Å². The van der Waals surface area contributed by atoms with E-state index in [0.29, 0.717) is 36.0 Å². The van der Waals surface area contributed by atoms with E-state index in [4.69, 9.17) is 9.47 Å². The highest BCUT2D eigenvalue weighted by Gasteiger charge is 2.38. The van der Waals surface area contributed by atoms with Crippen LogP contribution in [0.5, 0.6) is 5.75 Å². The summed E-state index contributed by atoms with van der Waals surface area (Å²) in [6, 6.07) is 6.20. The molecule has 0 saturated carbocycles. The second kappa shape index (κ2) is 12.1. The first-order valence-electron chi connectivity index (χ1n) is 13.2. The predicted octanol–water partition coefficient (Wildman–Crippen LogP) is 3.09. The molecule has 42 heavy (non-hydrogen) atoms. The molecule has 1 aliphatic heterocycles. The van der Waals surface area contributed by atoms with Crippen molar-refractivity contribution in [2.45, 2.75) is 45.3 Å². The number of aryl methyl sites for hydroxylation is 1. The molecule has 0 spiro atoms. The molecule has 15 heteroatoms. The largest absolute Gasteiger partial charge is 0.497 e. The molecule has 5 rings (SSSR count). The lowest BCUT2D eigenvalue weighted by atomic mass is 10.1. The molecule has 222 valence electrons. The summed E-state index contributed by atoms with van der Waals surface area (Å²) in [4.78, 5) is 23.5. The smallest absolute Gasteiger partial charge is 0.423 e. The van der Waals surface area contributed by atoms with Crippen molar-refractivity contribution in [3.05, 3.63) is 81.8 Å². The van der Waals surface area contributed by atoms with Crippen molar-refractivity contribution in [1.82, 2.24) is 34.7 Å². The molecule has 0 amide bonds. The van der Waals surface area contributed by atoms with Crippen molar-refractivity contribution in [3.8, 4) is 5.75 Å². The molecule has 1 unspecified atom stereocenters. The van der Waals surface area contributed by atoms with Gasteiger partial charge in [0.25, 0.3) is 5.56 Å². The third kappa shape index (κ3) is 6.67. The Kier molecular flexibility index (Phi) is 8.38. The Bertz CT molecular complexity index is 1550. The van der Waals surface area contributed by atoms with E-state index in [1.807, 2.05) is 11.8 Å². The summed E-state index contributed by atoms with van der Waals surface area (Å²) in [5.41, 5.74) is -0.777. The van der Waals surface area contributed by atoms with Crippen LogP contribution in [-0.4, -0.2) is 67.6 Å². The number of aromatic nitrogens is 7. The Hall–Kier alpha value is -4.53. The number of rotatable bonds is 11. The number of benzene rings is 1. The lowest BCUT2D eigenvalue weighted by Crippen LogP contribution is -2.48. The highest BCUT2D eigenvalue weighted by molar-refractivity contribution is 5.50. The zero-order valence-corrected chi connectivity index (χ0v) is 23.2. The highest BCUT2D eigenvalue weighted by Crippen LogP contribution is 2.32. The van der Waals surface area contributed by atoms with Crippen LogP contribution in [0.15, 0.2) is 53.8 Å². The minimum Gasteiger partial charge on any atom is -0.497 e. The summed E-state index contributed by atoms with van der Waals surface area (Å²) in [6.45, 7) is 5.03. The minimum atomic E-state index is -4.88. The van der Waals surface area contributed by atoms with Crippen molar-refractivity contribution in [2.24, 2.45) is 0 Å². The molecular weight excluding hydrogens is 555 g/mol. The molecule has 4 heterocycles. The Morgan fingerprint density at radius 3 is 2.50 bits per heavy atom. The lowest BCUT2D eigenvalue weighted by Gasteiger charge is -2.38. The first-order valence-corrected chi connectivity index (χ1v) is 13.2. The first kappa shape index (κ1) is 29.0. The van der Waals surface area contributed by atoms with Gasteiger partial charge in [-0.15, -0.1) is 5.10 Å². The van der Waals surface area contributed by atoms with E-state index in [9.17, 15) is 18.0 Å². The van der Waals surface area contributed by atoms with Gasteiger partial charge in [-0.2, -0.15) is 18.3 Å². The SMILES string of the molecule is COc1ccc(Cn2ncc(NC(C)COCc3cn(C4CN(c5ncc(C)cn5)C4)nn3)c(C(F)(F)F)c2=O)cc1. The molecule has 1 N–H and O–H groups in total. The topological polar surface area (TPSA) is 125 Å². The monoisotopic (exact) mass is 585 g/mol. The van der Waals surface area contributed by atoms with E-state index in [1.54, 1.807) is 54.5 Å². The molecule has 4 aromatic rings. The number of halogens is 3. The van der Waals surface area contributed by atoms with Gasteiger partial charge in [0.1, 0.15) is 17.0 Å². The average Bonchev–Trinajstić information content (AvgIpc) is 3.38. The fourth-order valence-corrected chi connectivity index (χ4v) is 4.43. The summed E-state index contributed by atoms with van der Waals surface area (Å²) in [6.07, 6.45) is 1.46. The van der Waals surface area contributed by atoms with Crippen molar-refractivity contribution in [2.75, 3.05) is 37.0 Å². The number of anilines is 2. The van der Waals surface area contributed by atoms with Gasteiger partial charge in [-0.25, -0.2) is 19.3 Å². The van der Waals surface area contributed by atoms with Gasteiger partial charge in [0.05, 0.1) is 51.0 Å². The lowest BCUT2D eigenvalue weighted by molar-refractivity contribution is -0.138. The van der Waals surface area contributed by atoms with Crippen LogP contribution in [0.4, 0.5) is 24.8 Å². The number of ether oxygens (including phenoxy) is 2. The Morgan fingerprint density at radius 1 is 1.12 bits per heavy atom. The van der Waals surface area contributed by atoms with E-state index in [2.05, 4.69) is 30.7 Å². The van der Waals surface area contributed by atoms with Crippen LogP contribution >= 0.6 is 0 Å². The first-order chi connectivity index (χ1) is 20.1. The quantitative estimate of drug-likeness (QED) is 0.281. The Morgan fingerprint density at radius 2 is 1.83 bits per heavy atom. The van der Waals surface area contributed by atoms with Gasteiger partial charge >= 0.3 is 6.18 Å². The Labute approximate surface area is 239 Å². The fraction of sp³-hybridized carbons (Fsp3) is 0.407. The van der Waals surface area contributed by atoms with Crippen molar-refractivity contribution < 1.29 is 22.6 Å². The molecule has 1 aliphatic rings. The van der Waals surface area contributed by atoms with E-state index in [1.165, 1.54) is 7.11 Å². The van der Waals surface area contributed by atoms with Crippen LogP contribution in [0.3, 0.4) is 0 Å². The van der Waals surface area contributed by atoms with Crippen LogP contribution in [0, 0.1) is 6.92 Å². The van der Waals surface area contributed by atoms with E-state index < -0.39 is 29.0 Å². The summed E-state index contributed by atoms with van der Waals surface area (Å²) in [5.74, 6) is 1.26. The number of hydrogen-bond donors (Lipinski definition) is 1. The van der Waals surface area contributed by atoms with Crippen LogP contribution in [0.1, 0.15) is 35.3 Å². The van der Waals surface area contributed by atoms with Crippen molar-refractivity contribution in [1.29, 1.82) is 0 Å². The van der Waals surface area contributed by atoms with E-state index in [0.717, 1.165) is 16.4 Å². The van der Waals surface area contributed by atoms with Crippen LogP contribution < -0.4 is 20.5 Å². The molecule has 1 aromatic carbocycles. The van der Waals surface area contributed by atoms with Gasteiger partial charge < -0.3 is 19.7 Å². The standard InChI is InChI=1S/C27H30F3N9O3/c1-17-8-31-26(32-9-17)37-13-21(14-37)38-12-20(35-36-38)16-42-15-18(2)34-23-10-33-39(25(40)24(23)27(28,29)30)11-19-4-6-22(41-3)7-5-19/h4-10,12,18,21,34H,11,13-16H2,1-3H3. The van der Waals surface area contributed by atoms with Gasteiger partial charge in [-0.1, -0.05) is 17.3 Å². The maximum Gasteiger partial charge on any atom is 0.423 e. The Balaban J connectivity index is 1.15. The van der Waals surface area contributed by atoms with Gasteiger partial charge in [0, 0.05) is 31.5 Å². The zero-order valence-electron chi connectivity index (χ0n) is 23.2. The molecule has 1 atom stereocenters. The number of nitrogens with one attached hydrogen (secondary N) is 1. The molecule has 0 radical (unpaired) electrons. The van der Waals surface area contributed by atoms with Crippen LogP contribution in [-0.2, 0) is 24.1 Å². The third-order valence-corrected chi connectivity index (χ3v) is 6.68. The second-order valence-corrected chi connectivity index (χ2v) is 10.1. The van der Waals surface area contributed by atoms with Crippen molar-refractivity contribution >= 4 is 11.6 Å². The summed E-state index contributed by atoms with van der Waals surface area (Å²) in [5, 5.41) is 15.0. The normalized spacial score (nSPS) is 14.5. The summed E-state index contributed by atoms with van der Waals surface area (Å²) < 4.78 is 55.1. The average molecular weight is 586 g/mol. The molecule has 1 fully saturated rings. The van der Waals surface area contributed by atoms with E-state index in [-0.39, 0.29) is 25.8 Å². The number of nitrogens with zero attached hydrogens (tertiary/aromatic N) is 8. The van der Waals surface area contributed by atoms with Gasteiger partial charge in [-0.3, -0.25) is 4.79 Å². The minimum absolute atomic E-state index is 0.0566. The molecule has 3 aromatic heterocycles. The maximum absolute atomic E-state index is 13.9. The second-order valence-electron chi connectivity index (χ2n) is 10.1. The molecule has 12 nitrogen and oxygen atoms in total.